The average Bonchev–Trinajstić information content (AvgIpc) is 2.05. The normalized spacial score (nSPS) is 8.70. The van der Waals surface area contributed by atoms with E-state index < -0.39 is 0 Å². The van der Waals surface area contributed by atoms with Crippen LogP contribution < -0.4 is 0 Å². The van der Waals surface area contributed by atoms with E-state index in [1.54, 1.807) is 12.2 Å². The van der Waals surface area contributed by atoms with E-state index >= 15 is 0 Å². The van der Waals surface area contributed by atoms with Crippen LogP contribution in [0.3, 0.4) is 0 Å². The Morgan fingerprint density at radius 2 is 1.60 bits per heavy atom. The van der Waals surface area contributed by atoms with Gasteiger partial charge in [-0.1, -0.05) is 12.7 Å². The number of hydrogen-bond acceptors (Lipinski definition) is 0. The Bertz CT molecular complexity index is 202. The van der Waals surface area contributed by atoms with Crippen LogP contribution in [-0.4, -0.2) is 0 Å². The van der Waals surface area contributed by atoms with Gasteiger partial charge in [0.1, 0.15) is 5.56 Å². The first-order valence-electron chi connectivity index (χ1n) is 3.14. The molecule has 0 amide bonds. The lowest BCUT2D eigenvalue weighted by Crippen LogP contribution is -1.71. The molecule has 0 N–H and O–H groups in total. The highest BCUT2D eigenvalue weighted by molar-refractivity contribution is 5.52. The van der Waals surface area contributed by atoms with Gasteiger partial charge in [-0.05, 0) is 17.7 Å². The van der Waals surface area contributed by atoms with E-state index in [1.807, 2.05) is 24.3 Å². The monoisotopic (exact) mass is 129 g/mol. The Balaban J connectivity index is 3.00. The summed E-state index contributed by atoms with van der Waals surface area (Å²) in [4.78, 5) is 0. The molecule has 0 heterocycles. The Labute approximate surface area is 61.5 Å². The molecule has 0 heteroatoms. The maximum Gasteiger partial charge on any atom is 0.159 e. The van der Waals surface area contributed by atoms with Crippen molar-refractivity contribution in [2.75, 3.05) is 0 Å². The predicted octanol–water partition coefficient (Wildman–Crippen LogP) is 2.78. The summed E-state index contributed by atoms with van der Waals surface area (Å²) in [5.41, 5.74) is 2.15. The zero-order valence-corrected chi connectivity index (χ0v) is 5.75. The highest BCUT2D eigenvalue weighted by atomic mass is 13.9. The fourth-order valence-corrected chi connectivity index (χ4v) is 0.743. The highest BCUT2D eigenvalue weighted by Gasteiger charge is 1.92. The van der Waals surface area contributed by atoms with E-state index in [9.17, 15) is 0 Å². The average molecular weight is 129 g/mol. The van der Waals surface area contributed by atoms with Crippen LogP contribution >= 0.6 is 0 Å². The topological polar surface area (TPSA) is 0 Å². The Hall–Kier alpha value is -1.39. The van der Waals surface area contributed by atoms with Gasteiger partial charge >= 0.3 is 0 Å². The summed E-state index contributed by atoms with van der Waals surface area (Å²) in [7, 11) is 0. The van der Waals surface area contributed by atoms with Gasteiger partial charge in [-0.2, -0.15) is 0 Å². The van der Waals surface area contributed by atoms with Gasteiger partial charge < -0.3 is 0 Å². The van der Waals surface area contributed by atoms with Gasteiger partial charge in [0.15, 0.2) is 6.08 Å². The maximum atomic E-state index is 5.29. The lowest BCUT2D eigenvalue weighted by Gasteiger charge is -1.86. The van der Waals surface area contributed by atoms with Crippen molar-refractivity contribution in [2.24, 2.45) is 0 Å². The smallest absolute Gasteiger partial charge is 0.0985 e. The predicted molar refractivity (Wildman–Crippen MR) is 45.3 cm³/mol. The summed E-state index contributed by atoms with van der Waals surface area (Å²) in [5.74, 6) is 0. The maximum absolute atomic E-state index is 5.29. The van der Waals surface area contributed by atoms with Crippen LogP contribution in [0.1, 0.15) is 11.1 Å². The summed E-state index contributed by atoms with van der Waals surface area (Å²) < 4.78 is 0. The van der Waals surface area contributed by atoms with Gasteiger partial charge in [0, 0.05) is 18.7 Å². The van der Waals surface area contributed by atoms with Gasteiger partial charge in [0.05, 0.1) is 0 Å². The molecule has 1 aromatic carbocycles. The van der Waals surface area contributed by atoms with Crippen LogP contribution in [0.15, 0.2) is 30.8 Å². The molecule has 0 unspecified atom stereocenters. The molecule has 0 aliphatic heterocycles. The minimum atomic E-state index is 1.03. The molecule has 0 saturated carbocycles. The minimum Gasteiger partial charge on any atom is -0.0985 e. The third kappa shape index (κ3) is 1.31. The quantitative estimate of drug-likeness (QED) is 0.538. The lowest BCUT2D eigenvalue weighted by atomic mass is 10.1. The van der Waals surface area contributed by atoms with Gasteiger partial charge in [0.25, 0.3) is 0 Å². The molecule has 0 aliphatic carbocycles. The van der Waals surface area contributed by atoms with Crippen molar-refractivity contribution in [3.05, 3.63) is 48.6 Å². The highest BCUT2D eigenvalue weighted by Crippen LogP contribution is 2.05. The van der Waals surface area contributed by atoms with Crippen LogP contribution in [0.2, 0.25) is 0 Å². The molecule has 10 heavy (non-hydrogen) atoms. The lowest BCUT2D eigenvalue weighted by molar-refractivity contribution is 1.63. The second kappa shape index (κ2) is 2.95. The molecule has 0 bridgehead atoms. The van der Waals surface area contributed by atoms with Gasteiger partial charge in [-0.3, -0.25) is 0 Å². The molecule has 0 aliphatic rings. The van der Waals surface area contributed by atoms with E-state index in [0.29, 0.717) is 0 Å². The molecule has 1 rings (SSSR count). The molecule has 0 saturated heterocycles. The molecule has 1 aromatic rings. The zero-order chi connectivity index (χ0) is 7.40. The molecule has 0 spiro atoms. The van der Waals surface area contributed by atoms with Crippen LogP contribution in [0.25, 0.3) is 12.2 Å². The van der Waals surface area contributed by atoms with E-state index in [4.69, 9.17) is 6.58 Å². The van der Waals surface area contributed by atoms with Gasteiger partial charge in [-0.25, -0.2) is 0 Å². The molecule has 0 atom stereocenters. The van der Waals surface area contributed by atoms with Gasteiger partial charge in [0.2, 0.25) is 0 Å². The zero-order valence-electron chi connectivity index (χ0n) is 5.75. The largest absolute Gasteiger partial charge is 0.159 e. The molecule has 0 nitrogen and oxygen atoms in total. The third-order valence-electron chi connectivity index (χ3n) is 1.36. The Morgan fingerprint density at radius 3 is 2.00 bits per heavy atom. The van der Waals surface area contributed by atoms with Crippen molar-refractivity contribution in [1.82, 2.24) is 0 Å². The molecule has 0 aromatic heterocycles. The van der Waals surface area contributed by atoms with Crippen molar-refractivity contribution >= 4 is 12.2 Å². The summed E-state index contributed by atoms with van der Waals surface area (Å²) in [6.07, 6.45) is 3.38. The Kier molecular flexibility index (Phi) is 1.99. The van der Waals surface area contributed by atoms with E-state index in [0.717, 1.165) is 11.1 Å². The van der Waals surface area contributed by atoms with Crippen LogP contribution in [0, 0.1) is 6.58 Å². The van der Waals surface area contributed by atoms with Crippen molar-refractivity contribution in [2.45, 2.75) is 0 Å². The van der Waals surface area contributed by atoms with Crippen molar-refractivity contribution in [3.63, 3.8) is 0 Å². The molecule has 48 valence electrons. The number of rotatable bonds is 2. The van der Waals surface area contributed by atoms with Crippen LogP contribution in [-0.2, 0) is 0 Å². The SMILES string of the molecule is [CH+]=Cc1ccc(C=C)cc1. The van der Waals surface area contributed by atoms with Crippen molar-refractivity contribution in [1.29, 1.82) is 0 Å². The minimum absolute atomic E-state index is 1.03. The van der Waals surface area contributed by atoms with Crippen LogP contribution in [0.4, 0.5) is 0 Å². The molecular formula is C10H9+. The van der Waals surface area contributed by atoms with E-state index in [2.05, 4.69) is 6.58 Å². The second-order valence-corrected chi connectivity index (χ2v) is 2.04. The van der Waals surface area contributed by atoms with Crippen molar-refractivity contribution in [3.8, 4) is 0 Å². The number of benzene rings is 1. The second-order valence-electron chi connectivity index (χ2n) is 2.04. The molecule has 0 fully saturated rings. The standard InChI is InChI=1S/C10H9/c1-3-9-5-7-10(4-2)8-6-9/h1,3-8H,2H2/q+1. The summed E-state index contributed by atoms with van der Waals surface area (Å²) in [6.45, 7) is 8.94. The fraction of sp³-hybridized carbons (Fsp3) is 0. The molecule has 0 radical (unpaired) electrons. The summed E-state index contributed by atoms with van der Waals surface area (Å²) in [5, 5.41) is 0. The first kappa shape index (κ1) is 6.73. The van der Waals surface area contributed by atoms with E-state index in [1.165, 1.54) is 0 Å². The fourth-order valence-electron chi connectivity index (χ4n) is 0.743. The summed E-state index contributed by atoms with van der Waals surface area (Å²) in [6, 6.07) is 7.87. The van der Waals surface area contributed by atoms with Crippen molar-refractivity contribution < 1.29 is 0 Å². The van der Waals surface area contributed by atoms with Gasteiger partial charge in [-0.15, -0.1) is 0 Å². The first-order valence-corrected chi connectivity index (χ1v) is 3.14. The Morgan fingerprint density at radius 1 is 1.10 bits per heavy atom. The first-order chi connectivity index (χ1) is 4.86. The molecular weight excluding hydrogens is 120 g/mol. The van der Waals surface area contributed by atoms with E-state index in [-0.39, 0.29) is 0 Å². The van der Waals surface area contributed by atoms with Crippen LogP contribution in [0.5, 0.6) is 0 Å². The summed E-state index contributed by atoms with van der Waals surface area (Å²) >= 11 is 0. The third-order valence-corrected chi connectivity index (χ3v) is 1.36. The number of hydrogen-bond donors (Lipinski definition) is 0.